The lowest BCUT2D eigenvalue weighted by atomic mass is 9.83. The minimum atomic E-state index is -0.0633. The van der Waals surface area contributed by atoms with Gasteiger partial charge < -0.3 is 14.8 Å². The molecule has 0 saturated heterocycles. The molecule has 0 radical (unpaired) electrons. The van der Waals surface area contributed by atoms with Crippen LogP contribution in [-0.4, -0.2) is 35.7 Å². The third kappa shape index (κ3) is 4.01. The third-order valence-electron chi connectivity index (χ3n) is 5.81. The predicted octanol–water partition coefficient (Wildman–Crippen LogP) is 5.06. The van der Waals surface area contributed by atoms with Gasteiger partial charge in [-0.3, -0.25) is 9.79 Å². The Hall–Kier alpha value is -3.34. The number of para-hydroxylation sites is 1. The van der Waals surface area contributed by atoms with Gasteiger partial charge in [-0.15, -0.1) is 0 Å². The van der Waals surface area contributed by atoms with Crippen molar-refractivity contribution in [1.82, 2.24) is 4.98 Å². The molecule has 154 valence electrons. The van der Waals surface area contributed by atoms with Crippen LogP contribution in [0.1, 0.15) is 35.6 Å². The normalized spacial score (nSPS) is 17.3. The van der Waals surface area contributed by atoms with Crippen LogP contribution >= 0.6 is 0 Å². The van der Waals surface area contributed by atoms with E-state index in [1.54, 1.807) is 13.3 Å². The Morgan fingerprint density at radius 2 is 1.93 bits per heavy atom. The summed E-state index contributed by atoms with van der Waals surface area (Å²) >= 11 is 0. The molecule has 4 rings (SSSR count). The maximum Gasteiger partial charge on any atom is 0.168 e. The van der Waals surface area contributed by atoms with Crippen LogP contribution in [0.5, 0.6) is 5.75 Å². The summed E-state index contributed by atoms with van der Waals surface area (Å²) in [6.07, 6.45) is 3.15. The van der Waals surface area contributed by atoms with Crippen LogP contribution in [0, 0.1) is 6.92 Å². The molecule has 0 bridgehead atoms. The van der Waals surface area contributed by atoms with Crippen LogP contribution < -0.4 is 4.74 Å². The van der Waals surface area contributed by atoms with E-state index >= 15 is 0 Å². The molecule has 2 aromatic carbocycles. The highest BCUT2D eigenvalue weighted by atomic mass is 16.5. The molecule has 0 saturated carbocycles. The van der Waals surface area contributed by atoms with Crippen molar-refractivity contribution in [2.45, 2.75) is 32.1 Å². The summed E-state index contributed by atoms with van der Waals surface area (Å²) in [6.45, 7) is 2.63. The highest BCUT2D eigenvalue weighted by Gasteiger charge is 2.27. The average Bonchev–Trinajstić information content (AvgIpc) is 3.07. The quantitative estimate of drug-likeness (QED) is 0.566. The monoisotopic (exact) mass is 402 g/mol. The number of aromatic nitrogens is 1. The van der Waals surface area contributed by atoms with E-state index in [9.17, 15) is 9.90 Å². The second-order valence-electron chi connectivity index (χ2n) is 7.72. The Balaban J connectivity index is 1.43. The van der Waals surface area contributed by atoms with Crippen molar-refractivity contribution >= 4 is 22.9 Å². The number of aliphatic hydroxyl groups is 1. The molecule has 0 amide bonds. The number of carbonyl (C=O) groups excluding carboxylic acids is 1. The third-order valence-corrected chi connectivity index (χ3v) is 5.81. The van der Waals surface area contributed by atoms with E-state index < -0.39 is 0 Å². The minimum absolute atomic E-state index is 0.0190. The molecule has 0 fully saturated rings. The fourth-order valence-corrected chi connectivity index (χ4v) is 4.16. The number of nitrogens with zero attached hydrogens (tertiary/aromatic N) is 1. The number of allylic oxidation sites excluding steroid dienone is 2. The summed E-state index contributed by atoms with van der Waals surface area (Å²) in [5, 5.41) is 11.7. The minimum Gasteiger partial charge on any atom is -0.511 e. The fourth-order valence-electron chi connectivity index (χ4n) is 4.16. The van der Waals surface area contributed by atoms with Crippen molar-refractivity contribution < 1.29 is 14.6 Å². The van der Waals surface area contributed by atoms with Gasteiger partial charge in [0.25, 0.3) is 0 Å². The summed E-state index contributed by atoms with van der Waals surface area (Å²) < 4.78 is 5.18. The molecule has 1 unspecified atom stereocenters. The van der Waals surface area contributed by atoms with Crippen molar-refractivity contribution in [1.29, 1.82) is 0 Å². The van der Waals surface area contributed by atoms with Crippen LogP contribution in [-0.2, 0) is 11.2 Å². The topological polar surface area (TPSA) is 74.7 Å². The van der Waals surface area contributed by atoms with E-state index in [1.807, 2.05) is 36.4 Å². The first-order valence-electron chi connectivity index (χ1n) is 10.2. The van der Waals surface area contributed by atoms with Crippen LogP contribution in [0.3, 0.4) is 0 Å². The number of H-pyrrole nitrogens is 1. The number of aryl methyl sites for hydroxylation is 1. The van der Waals surface area contributed by atoms with Gasteiger partial charge in [-0.1, -0.05) is 30.3 Å². The molecule has 0 spiro atoms. The molecule has 2 N–H and O–H groups in total. The smallest absolute Gasteiger partial charge is 0.168 e. The van der Waals surface area contributed by atoms with Crippen LogP contribution in [0.2, 0.25) is 0 Å². The van der Waals surface area contributed by atoms with Gasteiger partial charge in [0, 0.05) is 42.2 Å². The van der Waals surface area contributed by atoms with Crippen molar-refractivity contribution in [3.05, 3.63) is 76.7 Å². The maximum atomic E-state index is 12.6. The number of nitrogens with one attached hydrogen (secondary N) is 1. The number of aromatic amines is 1. The SMILES string of the molecule is COc1ccc(C2CC(=O)C(C=NCCc3c(C)[nH]c4ccccc34)=C(O)C2)cc1. The van der Waals surface area contributed by atoms with E-state index in [4.69, 9.17) is 4.74 Å². The first-order valence-corrected chi connectivity index (χ1v) is 10.2. The van der Waals surface area contributed by atoms with Crippen molar-refractivity contribution in [3.8, 4) is 5.75 Å². The van der Waals surface area contributed by atoms with Crippen molar-refractivity contribution in [2.24, 2.45) is 4.99 Å². The van der Waals surface area contributed by atoms with Gasteiger partial charge in [0.05, 0.1) is 12.7 Å². The van der Waals surface area contributed by atoms with Gasteiger partial charge in [0.1, 0.15) is 11.5 Å². The average molecular weight is 402 g/mol. The number of ether oxygens (including phenoxy) is 1. The molecule has 5 nitrogen and oxygen atoms in total. The highest BCUT2D eigenvalue weighted by Crippen LogP contribution is 2.33. The predicted molar refractivity (Wildman–Crippen MR) is 120 cm³/mol. The second kappa shape index (κ2) is 8.57. The number of rotatable bonds is 6. The number of aliphatic hydroxyl groups excluding tert-OH is 1. The molecule has 1 aliphatic carbocycles. The molecule has 30 heavy (non-hydrogen) atoms. The van der Waals surface area contributed by atoms with E-state index in [2.05, 4.69) is 29.0 Å². The van der Waals surface area contributed by atoms with Crippen molar-refractivity contribution in [2.75, 3.05) is 13.7 Å². The lowest BCUT2D eigenvalue weighted by Gasteiger charge is -2.22. The summed E-state index contributed by atoms with van der Waals surface area (Å²) in [4.78, 5) is 20.5. The van der Waals surface area contributed by atoms with E-state index in [1.165, 1.54) is 10.9 Å². The van der Waals surface area contributed by atoms with Gasteiger partial charge in [-0.25, -0.2) is 0 Å². The summed E-state index contributed by atoms with van der Waals surface area (Å²) in [6, 6.07) is 15.9. The highest BCUT2D eigenvalue weighted by molar-refractivity contribution is 6.14. The van der Waals surface area contributed by atoms with E-state index in [-0.39, 0.29) is 17.5 Å². The number of hydrogen-bond acceptors (Lipinski definition) is 4. The Bertz CT molecular complexity index is 1120. The van der Waals surface area contributed by atoms with Gasteiger partial charge >= 0.3 is 0 Å². The molecule has 1 aliphatic rings. The van der Waals surface area contributed by atoms with Gasteiger partial charge in [-0.2, -0.15) is 0 Å². The van der Waals surface area contributed by atoms with Gasteiger partial charge in [0.15, 0.2) is 5.78 Å². The molecule has 1 heterocycles. The lowest BCUT2D eigenvalue weighted by molar-refractivity contribution is -0.116. The van der Waals surface area contributed by atoms with Crippen molar-refractivity contribution in [3.63, 3.8) is 0 Å². The van der Waals surface area contributed by atoms with Gasteiger partial charge in [0.2, 0.25) is 0 Å². The Labute approximate surface area is 176 Å². The number of methoxy groups -OCH3 is 1. The van der Waals surface area contributed by atoms with Gasteiger partial charge in [-0.05, 0) is 48.6 Å². The zero-order chi connectivity index (χ0) is 21.1. The molecular weight excluding hydrogens is 376 g/mol. The number of hydrogen-bond donors (Lipinski definition) is 2. The number of carbonyl (C=O) groups is 1. The van der Waals surface area contributed by atoms with E-state index in [0.717, 1.165) is 28.9 Å². The summed E-state index contributed by atoms with van der Waals surface area (Å²) in [7, 11) is 1.62. The number of aliphatic imine (C=N–C) groups is 1. The summed E-state index contributed by atoms with van der Waals surface area (Å²) in [5.41, 5.74) is 4.89. The number of ketones is 1. The Kier molecular flexibility index (Phi) is 5.70. The lowest BCUT2D eigenvalue weighted by Crippen LogP contribution is -2.19. The standard InChI is InChI=1S/C25H26N2O3/c1-16-20(21-5-3-4-6-23(21)27-16)11-12-26-15-22-24(28)13-18(14-25(22)29)17-7-9-19(30-2)10-8-17/h3-10,15,18,27-28H,11-14H2,1-2H3. The largest absolute Gasteiger partial charge is 0.511 e. The van der Waals surface area contributed by atoms with Crippen LogP contribution in [0.4, 0.5) is 0 Å². The molecule has 0 aliphatic heterocycles. The molecular formula is C25H26N2O3. The zero-order valence-electron chi connectivity index (χ0n) is 17.3. The molecule has 1 aromatic heterocycles. The molecule has 5 heteroatoms. The van der Waals surface area contributed by atoms with E-state index in [0.29, 0.717) is 25.0 Å². The first kappa shape index (κ1) is 20.0. The maximum absolute atomic E-state index is 12.6. The Morgan fingerprint density at radius 3 is 2.67 bits per heavy atom. The fraction of sp³-hybridized carbons (Fsp3) is 0.280. The summed E-state index contributed by atoms with van der Waals surface area (Å²) in [5.74, 6) is 0.819. The first-order chi connectivity index (χ1) is 14.6. The molecule has 3 aromatic rings. The van der Waals surface area contributed by atoms with Crippen LogP contribution in [0.25, 0.3) is 10.9 Å². The number of Topliss-reactive ketones (excluding diaryl/α,β-unsaturated/α-hetero) is 1. The Morgan fingerprint density at radius 1 is 1.17 bits per heavy atom. The number of fused-ring (bicyclic) bond motifs is 1. The second-order valence-corrected chi connectivity index (χ2v) is 7.72. The molecule has 1 atom stereocenters. The van der Waals surface area contributed by atoms with Crippen LogP contribution in [0.15, 0.2) is 64.9 Å². The zero-order valence-corrected chi connectivity index (χ0v) is 17.3. The number of benzene rings is 2.